The maximum absolute atomic E-state index is 12.5. The number of benzene rings is 2. The molecule has 0 radical (unpaired) electrons. The van der Waals surface area contributed by atoms with Gasteiger partial charge in [-0.1, -0.05) is 31.2 Å². The first-order chi connectivity index (χ1) is 14.0. The molecule has 1 aliphatic rings. The SMILES string of the molecule is C[C@H]1CCCN(Cc2ccccc2CNC(=O)[C@H](C)Oc2ccc(C#N)cc2)C1. The van der Waals surface area contributed by atoms with Gasteiger partial charge in [0, 0.05) is 19.6 Å². The minimum Gasteiger partial charge on any atom is -0.481 e. The lowest BCUT2D eigenvalue weighted by Crippen LogP contribution is -2.36. The molecule has 5 heteroatoms. The van der Waals surface area contributed by atoms with E-state index in [2.05, 4.69) is 41.4 Å². The van der Waals surface area contributed by atoms with E-state index >= 15 is 0 Å². The number of likely N-dealkylation sites (tertiary alicyclic amines) is 1. The van der Waals surface area contributed by atoms with Gasteiger partial charge in [-0.25, -0.2) is 0 Å². The number of hydrogen-bond acceptors (Lipinski definition) is 4. The van der Waals surface area contributed by atoms with Gasteiger partial charge < -0.3 is 10.1 Å². The molecule has 1 fully saturated rings. The van der Waals surface area contributed by atoms with Gasteiger partial charge in [0.25, 0.3) is 5.91 Å². The fourth-order valence-corrected chi connectivity index (χ4v) is 3.75. The molecule has 3 rings (SSSR count). The summed E-state index contributed by atoms with van der Waals surface area (Å²) in [7, 11) is 0. The molecule has 2 aromatic carbocycles. The lowest BCUT2D eigenvalue weighted by atomic mass is 9.99. The second-order valence-corrected chi connectivity index (χ2v) is 7.87. The van der Waals surface area contributed by atoms with Crippen molar-refractivity contribution in [1.82, 2.24) is 10.2 Å². The number of rotatable bonds is 7. The lowest BCUT2D eigenvalue weighted by molar-refractivity contribution is -0.127. The first-order valence-electron chi connectivity index (χ1n) is 10.3. The Balaban J connectivity index is 1.54. The number of nitrogens with one attached hydrogen (secondary N) is 1. The smallest absolute Gasteiger partial charge is 0.261 e. The van der Waals surface area contributed by atoms with E-state index in [-0.39, 0.29) is 5.91 Å². The highest BCUT2D eigenvalue weighted by Gasteiger charge is 2.18. The molecule has 0 aliphatic carbocycles. The Morgan fingerprint density at radius 1 is 1.24 bits per heavy atom. The van der Waals surface area contributed by atoms with Crippen molar-refractivity contribution in [2.75, 3.05) is 13.1 Å². The lowest BCUT2D eigenvalue weighted by Gasteiger charge is -2.31. The van der Waals surface area contributed by atoms with Crippen LogP contribution in [0, 0.1) is 17.2 Å². The van der Waals surface area contributed by atoms with E-state index in [1.807, 2.05) is 6.07 Å². The van der Waals surface area contributed by atoms with Gasteiger partial charge in [0.1, 0.15) is 5.75 Å². The predicted molar refractivity (Wildman–Crippen MR) is 113 cm³/mol. The highest BCUT2D eigenvalue weighted by molar-refractivity contribution is 5.80. The number of nitriles is 1. The first kappa shape index (κ1) is 20.9. The topological polar surface area (TPSA) is 65.4 Å². The molecule has 1 saturated heterocycles. The molecule has 2 atom stereocenters. The third-order valence-corrected chi connectivity index (χ3v) is 5.37. The van der Waals surface area contributed by atoms with E-state index in [1.165, 1.54) is 18.4 Å². The van der Waals surface area contributed by atoms with Gasteiger partial charge in [-0.2, -0.15) is 5.26 Å². The summed E-state index contributed by atoms with van der Waals surface area (Å²) in [5.41, 5.74) is 2.97. The van der Waals surface area contributed by atoms with Crippen LogP contribution in [0.4, 0.5) is 0 Å². The average Bonchev–Trinajstić information content (AvgIpc) is 2.73. The Kier molecular flexibility index (Phi) is 7.26. The van der Waals surface area contributed by atoms with Gasteiger partial charge in [-0.15, -0.1) is 0 Å². The highest BCUT2D eigenvalue weighted by Crippen LogP contribution is 2.20. The summed E-state index contributed by atoms with van der Waals surface area (Å²) in [5, 5.41) is 11.9. The van der Waals surface area contributed by atoms with E-state index in [1.54, 1.807) is 31.2 Å². The Labute approximate surface area is 173 Å². The average molecular weight is 392 g/mol. The van der Waals surface area contributed by atoms with Gasteiger partial charge in [0.2, 0.25) is 0 Å². The van der Waals surface area contributed by atoms with Crippen LogP contribution in [0.25, 0.3) is 0 Å². The van der Waals surface area contributed by atoms with Crippen LogP contribution in [-0.4, -0.2) is 30.0 Å². The second-order valence-electron chi connectivity index (χ2n) is 7.87. The summed E-state index contributed by atoms with van der Waals surface area (Å²) in [6.07, 6.45) is 1.95. The molecule has 0 spiro atoms. The molecule has 0 bridgehead atoms. The van der Waals surface area contributed by atoms with Gasteiger partial charge in [-0.05, 0) is 67.6 Å². The Morgan fingerprint density at radius 2 is 1.97 bits per heavy atom. The quantitative estimate of drug-likeness (QED) is 0.778. The first-order valence-corrected chi connectivity index (χ1v) is 10.3. The molecule has 152 valence electrons. The molecule has 0 saturated carbocycles. The molecule has 0 unspecified atom stereocenters. The monoisotopic (exact) mass is 391 g/mol. The third-order valence-electron chi connectivity index (χ3n) is 5.37. The van der Waals surface area contributed by atoms with Crippen molar-refractivity contribution in [3.05, 3.63) is 65.2 Å². The molecule has 29 heavy (non-hydrogen) atoms. The number of piperidine rings is 1. The molecule has 5 nitrogen and oxygen atoms in total. The van der Waals surface area contributed by atoms with Crippen molar-refractivity contribution < 1.29 is 9.53 Å². The van der Waals surface area contributed by atoms with Crippen molar-refractivity contribution in [3.63, 3.8) is 0 Å². The van der Waals surface area contributed by atoms with Crippen LogP contribution < -0.4 is 10.1 Å². The van der Waals surface area contributed by atoms with Crippen LogP contribution in [0.3, 0.4) is 0 Å². The molecule has 1 N–H and O–H groups in total. The van der Waals surface area contributed by atoms with Crippen molar-refractivity contribution in [3.8, 4) is 11.8 Å². The second kappa shape index (κ2) is 10.1. The zero-order valence-electron chi connectivity index (χ0n) is 17.2. The van der Waals surface area contributed by atoms with E-state index < -0.39 is 6.10 Å². The zero-order valence-corrected chi connectivity index (χ0v) is 17.2. The van der Waals surface area contributed by atoms with E-state index in [0.29, 0.717) is 17.9 Å². The number of hydrogen-bond donors (Lipinski definition) is 1. The molecule has 1 heterocycles. The normalized spacial score (nSPS) is 17.9. The number of nitrogens with zero attached hydrogens (tertiary/aromatic N) is 2. The van der Waals surface area contributed by atoms with Gasteiger partial charge in [0.15, 0.2) is 6.10 Å². The molecule has 2 aromatic rings. The summed E-state index contributed by atoms with van der Waals surface area (Å²) in [6, 6.07) is 17.1. The van der Waals surface area contributed by atoms with Crippen molar-refractivity contribution in [2.45, 2.75) is 45.9 Å². The van der Waals surface area contributed by atoms with Crippen molar-refractivity contribution >= 4 is 5.91 Å². The largest absolute Gasteiger partial charge is 0.481 e. The van der Waals surface area contributed by atoms with Crippen LogP contribution in [0.1, 0.15) is 43.4 Å². The minimum absolute atomic E-state index is 0.157. The fraction of sp³-hybridized carbons (Fsp3) is 0.417. The number of carbonyl (C=O) groups excluding carboxylic acids is 1. The summed E-state index contributed by atoms with van der Waals surface area (Å²) in [5.74, 6) is 1.16. The predicted octanol–water partition coefficient (Wildman–Crippen LogP) is 3.87. The van der Waals surface area contributed by atoms with Gasteiger partial charge >= 0.3 is 0 Å². The summed E-state index contributed by atoms with van der Waals surface area (Å²) < 4.78 is 5.70. The summed E-state index contributed by atoms with van der Waals surface area (Å²) >= 11 is 0. The third kappa shape index (κ3) is 6.07. The molecular weight excluding hydrogens is 362 g/mol. The zero-order chi connectivity index (χ0) is 20.6. The number of ether oxygens (including phenoxy) is 1. The molecule has 1 aliphatic heterocycles. The minimum atomic E-state index is -0.613. The highest BCUT2D eigenvalue weighted by atomic mass is 16.5. The van der Waals surface area contributed by atoms with Gasteiger partial charge in [-0.3, -0.25) is 9.69 Å². The molecular formula is C24H29N3O2. The van der Waals surface area contributed by atoms with E-state index in [4.69, 9.17) is 10.00 Å². The van der Waals surface area contributed by atoms with E-state index in [9.17, 15) is 4.79 Å². The Hall–Kier alpha value is -2.84. The van der Waals surface area contributed by atoms with Crippen molar-refractivity contribution in [2.24, 2.45) is 5.92 Å². The standard InChI is InChI=1S/C24H29N3O2/c1-18-6-5-13-27(16-18)17-22-8-4-3-7-21(22)15-26-24(28)19(2)29-23-11-9-20(14-25)10-12-23/h3-4,7-12,18-19H,5-6,13,15-17H2,1-2H3,(H,26,28)/t18-,19-/m0/s1. The van der Waals surface area contributed by atoms with Crippen LogP contribution in [0.15, 0.2) is 48.5 Å². The number of amides is 1. The number of carbonyl (C=O) groups is 1. The summed E-state index contributed by atoms with van der Waals surface area (Å²) in [4.78, 5) is 15.0. The van der Waals surface area contributed by atoms with Crippen LogP contribution in [-0.2, 0) is 17.9 Å². The molecule has 0 aromatic heterocycles. The maximum Gasteiger partial charge on any atom is 0.261 e. The van der Waals surface area contributed by atoms with Crippen molar-refractivity contribution in [1.29, 1.82) is 5.26 Å². The van der Waals surface area contributed by atoms with Crippen LogP contribution in [0.2, 0.25) is 0 Å². The molecule has 1 amide bonds. The Morgan fingerprint density at radius 3 is 2.66 bits per heavy atom. The fourth-order valence-electron chi connectivity index (χ4n) is 3.75. The Bertz CT molecular complexity index is 857. The van der Waals surface area contributed by atoms with Crippen LogP contribution >= 0.6 is 0 Å². The van der Waals surface area contributed by atoms with Crippen LogP contribution in [0.5, 0.6) is 5.75 Å². The van der Waals surface area contributed by atoms with Gasteiger partial charge in [0.05, 0.1) is 11.6 Å². The maximum atomic E-state index is 12.5. The van der Waals surface area contributed by atoms with E-state index in [0.717, 1.165) is 31.1 Å². The summed E-state index contributed by atoms with van der Waals surface area (Å²) in [6.45, 7) is 7.73.